The molecule has 0 spiro atoms. The van der Waals surface area contributed by atoms with Crippen LogP contribution in [0.2, 0.25) is 5.02 Å². The average Bonchev–Trinajstić information content (AvgIpc) is 2.28. The molecule has 0 heterocycles. The van der Waals surface area contributed by atoms with Crippen LogP contribution in [0, 0.1) is 5.92 Å². The summed E-state index contributed by atoms with van der Waals surface area (Å²) in [6.07, 6.45) is 0. The molecule has 3 N–H and O–H groups in total. The number of anilines is 1. The summed E-state index contributed by atoms with van der Waals surface area (Å²) in [7, 11) is 1.54. The number of ether oxygens (including phenoxy) is 1. The van der Waals surface area contributed by atoms with Crippen molar-refractivity contribution in [3.63, 3.8) is 0 Å². The zero-order valence-corrected chi connectivity index (χ0v) is 10.9. The molecule has 4 nitrogen and oxygen atoms in total. The van der Waals surface area contributed by atoms with Crippen LogP contribution < -0.4 is 15.8 Å². The first-order valence-corrected chi connectivity index (χ1v) is 5.73. The van der Waals surface area contributed by atoms with E-state index in [1.54, 1.807) is 18.2 Å². The molecule has 1 unspecified atom stereocenters. The van der Waals surface area contributed by atoms with Crippen LogP contribution in [0.1, 0.15) is 13.8 Å². The maximum absolute atomic E-state index is 11.7. The molecule has 0 radical (unpaired) electrons. The summed E-state index contributed by atoms with van der Waals surface area (Å²) in [6, 6.07) is 4.51. The summed E-state index contributed by atoms with van der Waals surface area (Å²) in [5.41, 5.74) is 6.34. The Kier molecular flexibility index (Phi) is 4.78. The molecule has 1 amide bonds. The summed E-state index contributed by atoms with van der Waals surface area (Å²) in [4.78, 5) is 11.7. The molecular weight excluding hydrogens is 240 g/mol. The molecule has 1 aromatic rings. The van der Waals surface area contributed by atoms with Gasteiger partial charge in [0.1, 0.15) is 5.75 Å². The second-order valence-electron chi connectivity index (χ2n) is 4.11. The van der Waals surface area contributed by atoms with Gasteiger partial charge in [0.05, 0.1) is 18.2 Å². The standard InChI is InChI=1S/C12H17ClN2O2/c1-7(2)11(14)12(16)15-8-4-5-10(17-3)9(13)6-8/h4-7,11H,14H2,1-3H3,(H,15,16). The van der Waals surface area contributed by atoms with Crippen molar-refractivity contribution in [1.82, 2.24) is 0 Å². The molecular formula is C12H17ClN2O2. The number of hydrogen-bond acceptors (Lipinski definition) is 3. The number of carbonyl (C=O) groups is 1. The second-order valence-corrected chi connectivity index (χ2v) is 4.52. The van der Waals surface area contributed by atoms with E-state index in [9.17, 15) is 4.79 Å². The first-order chi connectivity index (χ1) is 7.95. The van der Waals surface area contributed by atoms with E-state index in [0.717, 1.165) is 0 Å². The topological polar surface area (TPSA) is 64.3 Å². The van der Waals surface area contributed by atoms with Crippen molar-refractivity contribution >= 4 is 23.2 Å². The van der Waals surface area contributed by atoms with Gasteiger partial charge in [-0.2, -0.15) is 0 Å². The molecule has 1 rings (SSSR count). The zero-order chi connectivity index (χ0) is 13.0. The summed E-state index contributed by atoms with van der Waals surface area (Å²) >= 11 is 5.95. The predicted octanol–water partition coefficient (Wildman–Crippen LogP) is 2.27. The van der Waals surface area contributed by atoms with Gasteiger partial charge in [-0.3, -0.25) is 4.79 Å². The Morgan fingerprint density at radius 3 is 2.59 bits per heavy atom. The van der Waals surface area contributed by atoms with Gasteiger partial charge in [0, 0.05) is 5.69 Å². The number of amides is 1. The van der Waals surface area contributed by atoms with Crippen LogP contribution in [-0.4, -0.2) is 19.1 Å². The molecule has 17 heavy (non-hydrogen) atoms. The van der Waals surface area contributed by atoms with Crippen LogP contribution >= 0.6 is 11.6 Å². The van der Waals surface area contributed by atoms with Crippen molar-refractivity contribution in [3.8, 4) is 5.75 Å². The molecule has 0 fully saturated rings. The van der Waals surface area contributed by atoms with Crippen molar-refractivity contribution in [3.05, 3.63) is 23.2 Å². The summed E-state index contributed by atoms with van der Waals surface area (Å²) < 4.78 is 5.02. The van der Waals surface area contributed by atoms with E-state index in [0.29, 0.717) is 16.5 Å². The van der Waals surface area contributed by atoms with Crippen molar-refractivity contribution in [2.24, 2.45) is 11.7 Å². The summed E-state index contributed by atoms with van der Waals surface area (Å²) in [5.74, 6) is 0.433. The van der Waals surface area contributed by atoms with Crippen LogP contribution in [0.3, 0.4) is 0 Å². The van der Waals surface area contributed by atoms with Gasteiger partial charge in [0.25, 0.3) is 0 Å². The summed E-state index contributed by atoms with van der Waals surface area (Å²) in [6.45, 7) is 3.79. The lowest BCUT2D eigenvalue weighted by Gasteiger charge is -2.15. The van der Waals surface area contributed by atoms with Gasteiger partial charge in [-0.15, -0.1) is 0 Å². The lowest BCUT2D eigenvalue weighted by Crippen LogP contribution is -2.39. The lowest BCUT2D eigenvalue weighted by atomic mass is 10.0. The number of rotatable bonds is 4. The van der Waals surface area contributed by atoms with Crippen molar-refractivity contribution < 1.29 is 9.53 Å². The van der Waals surface area contributed by atoms with Gasteiger partial charge in [-0.05, 0) is 24.1 Å². The number of methoxy groups -OCH3 is 1. The van der Waals surface area contributed by atoms with Gasteiger partial charge in [-0.1, -0.05) is 25.4 Å². The molecule has 94 valence electrons. The highest BCUT2D eigenvalue weighted by atomic mass is 35.5. The van der Waals surface area contributed by atoms with Crippen molar-refractivity contribution in [2.45, 2.75) is 19.9 Å². The fraction of sp³-hybridized carbons (Fsp3) is 0.417. The number of hydrogen-bond donors (Lipinski definition) is 2. The fourth-order valence-corrected chi connectivity index (χ4v) is 1.53. The van der Waals surface area contributed by atoms with E-state index in [2.05, 4.69) is 5.32 Å². The quantitative estimate of drug-likeness (QED) is 0.869. The summed E-state index contributed by atoms with van der Waals surface area (Å²) in [5, 5.41) is 3.16. The predicted molar refractivity (Wildman–Crippen MR) is 69.4 cm³/mol. The van der Waals surface area contributed by atoms with E-state index in [1.807, 2.05) is 13.8 Å². The number of nitrogens with one attached hydrogen (secondary N) is 1. The van der Waals surface area contributed by atoms with Gasteiger partial charge in [0.2, 0.25) is 5.91 Å². The largest absolute Gasteiger partial charge is 0.495 e. The van der Waals surface area contributed by atoms with Crippen LogP contribution in [0.25, 0.3) is 0 Å². The highest BCUT2D eigenvalue weighted by Crippen LogP contribution is 2.27. The van der Waals surface area contributed by atoms with Crippen molar-refractivity contribution in [2.75, 3.05) is 12.4 Å². The van der Waals surface area contributed by atoms with E-state index in [4.69, 9.17) is 22.1 Å². The van der Waals surface area contributed by atoms with Gasteiger partial charge in [0.15, 0.2) is 0 Å². The molecule has 0 saturated heterocycles. The Balaban J connectivity index is 2.76. The molecule has 5 heteroatoms. The first-order valence-electron chi connectivity index (χ1n) is 5.35. The maximum atomic E-state index is 11.7. The van der Waals surface area contributed by atoms with Crippen LogP contribution in [0.5, 0.6) is 5.75 Å². The first kappa shape index (κ1) is 13.8. The minimum absolute atomic E-state index is 0.0868. The second kappa shape index (κ2) is 5.89. The minimum Gasteiger partial charge on any atom is -0.495 e. The lowest BCUT2D eigenvalue weighted by molar-refractivity contribution is -0.118. The number of nitrogens with two attached hydrogens (primary N) is 1. The van der Waals surface area contributed by atoms with E-state index < -0.39 is 6.04 Å². The van der Waals surface area contributed by atoms with Crippen LogP contribution in [-0.2, 0) is 4.79 Å². The smallest absolute Gasteiger partial charge is 0.241 e. The molecule has 0 aliphatic carbocycles. The van der Waals surface area contributed by atoms with Gasteiger partial charge in [-0.25, -0.2) is 0 Å². The number of carbonyl (C=O) groups excluding carboxylic acids is 1. The average molecular weight is 257 g/mol. The minimum atomic E-state index is -0.532. The number of benzene rings is 1. The fourth-order valence-electron chi connectivity index (χ4n) is 1.27. The molecule has 0 saturated carbocycles. The Hall–Kier alpha value is -1.26. The SMILES string of the molecule is COc1ccc(NC(=O)C(N)C(C)C)cc1Cl. The monoisotopic (exact) mass is 256 g/mol. The van der Waals surface area contributed by atoms with E-state index in [-0.39, 0.29) is 11.8 Å². The Bertz CT molecular complexity index is 407. The zero-order valence-electron chi connectivity index (χ0n) is 10.2. The Morgan fingerprint density at radius 2 is 2.12 bits per heavy atom. The molecule has 0 aromatic heterocycles. The van der Waals surface area contributed by atoms with Crippen LogP contribution in [0.4, 0.5) is 5.69 Å². The molecule has 1 atom stereocenters. The van der Waals surface area contributed by atoms with E-state index >= 15 is 0 Å². The Labute approximate surface area is 106 Å². The maximum Gasteiger partial charge on any atom is 0.241 e. The third kappa shape index (κ3) is 3.61. The Morgan fingerprint density at radius 1 is 1.47 bits per heavy atom. The van der Waals surface area contributed by atoms with Gasteiger partial charge >= 0.3 is 0 Å². The third-order valence-electron chi connectivity index (χ3n) is 2.44. The normalized spacial score (nSPS) is 12.4. The van der Waals surface area contributed by atoms with Crippen molar-refractivity contribution in [1.29, 1.82) is 0 Å². The highest BCUT2D eigenvalue weighted by molar-refractivity contribution is 6.32. The van der Waals surface area contributed by atoms with Gasteiger partial charge < -0.3 is 15.8 Å². The third-order valence-corrected chi connectivity index (χ3v) is 2.74. The molecule has 1 aromatic carbocycles. The molecule has 0 aliphatic heterocycles. The number of halogens is 1. The molecule has 0 bridgehead atoms. The van der Waals surface area contributed by atoms with Crippen LogP contribution in [0.15, 0.2) is 18.2 Å². The molecule has 0 aliphatic rings. The van der Waals surface area contributed by atoms with E-state index in [1.165, 1.54) is 7.11 Å². The highest BCUT2D eigenvalue weighted by Gasteiger charge is 2.17.